The van der Waals surface area contributed by atoms with E-state index in [1.807, 2.05) is 27.7 Å². The summed E-state index contributed by atoms with van der Waals surface area (Å²) >= 11 is 0. The second kappa shape index (κ2) is 10.3. The topological polar surface area (TPSA) is 69.4 Å². The van der Waals surface area contributed by atoms with Crippen LogP contribution in [-0.2, 0) is 4.74 Å². The van der Waals surface area contributed by atoms with Gasteiger partial charge in [0.25, 0.3) is 5.69 Å². The Balaban J connectivity index is 0. The molecule has 5 heteroatoms. The molecule has 0 aliphatic carbocycles. The first-order valence-electron chi connectivity index (χ1n) is 5.89. The molecule has 0 heterocycles. The number of nitro groups is 1. The second-order valence-corrected chi connectivity index (χ2v) is 2.75. The minimum Gasteiger partial charge on any atom is -0.465 e. The molecule has 0 aliphatic heterocycles. The lowest BCUT2D eigenvalue weighted by molar-refractivity contribution is -0.385. The Hall–Kier alpha value is -1.91. The highest BCUT2D eigenvalue weighted by molar-refractivity contribution is 5.90. The summed E-state index contributed by atoms with van der Waals surface area (Å²) in [5.41, 5.74) is 0.625. The van der Waals surface area contributed by atoms with Crippen molar-refractivity contribution < 1.29 is 14.5 Å². The van der Waals surface area contributed by atoms with E-state index >= 15 is 0 Å². The van der Waals surface area contributed by atoms with E-state index in [4.69, 9.17) is 0 Å². The number of methoxy groups -OCH3 is 1. The Morgan fingerprint density at radius 2 is 1.72 bits per heavy atom. The van der Waals surface area contributed by atoms with Crippen molar-refractivity contribution >= 4 is 11.7 Å². The molecule has 0 aromatic heterocycles. The van der Waals surface area contributed by atoms with Crippen LogP contribution in [-0.4, -0.2) is 18.0 Å². The smallest absolute Gasteiger partial charge is 0.338 e. The Kier molecular flexibility index (Phi) is 10.5. The summed E-state index contributed by atoms with van der Waals surface area (Å²) in [6, 6.07) is 4.22. The molecular weight excluding hydrogens is 234 g/mol. The summed E-state index contributed by atoms with van der Waals surface area (Å²) < 4.78 is 4.45. The fourth-order valence-electron chi connectivity index (χ4n) is 1.05. The number of carbonyl (C=O) groups is 1. The minimum absolute atomic E-state index is 0.0760. The third kappa shape index (κ3) is 5.43. The predicted octanol–water partition coefficient (Wildman–Crippen LogP) is 3.74. The molecule has 0 saturated heterocycles. The van der Waals surface area contributed by atoms with Gasteiger partial charge >= 0.3 is 5.97 Å². The first kappa shape index (κ1) is 18.5. The van der Waals surface area contributed by atoms with Crippen molar-refractivity contribution in [2.45, 2.75) is 34.6 Å². The zero-order chi connectivity index (χ0) is 14.7. The van der Waals surface area contributed by atoms with Crippen molar-refractivity contribution in [1.82, 2.24) is 0 Å². The molecule has 1 rings (SSSR count). The number of carbonyl (C=O) groups excluding carboxylic acids is 1. The lowest BCUT2D eigenvalue weighted by Crippen LogP contribution is -2.02. The lowest BCUT2D eigenvalue weighted by atomic mass is 10.1. The highest BCUT2D eigenvalue weighted by Crippen LogP contribution is 2.19. The maximum atomic E-state index is 11.1. The number of nitrogens with zero attached hydrogens (tertiary/aromatic N) is 1. The molecule has 0 bridgehead atoms. The molecule has 0 amide bonds. The van der Waals surface area contributed by atoms with E-state index in [0.29, 0.717) is 5.56 Å². The van der Waals surface area contributed by atoms with E-state index in [0.717, 1.165) is 0 Å². The van der Waals surface area contributed by atoms with Crippen LogP contribution in [0, 0.1) is 17.0 Å². The Labute approximate surface area is 108 Å². The summed E-state index contributed by atoms with van der Waals surface area (Å²) in [4.78, 5) is 21.1. The highest BCUT2D eigenvalue weighted by Gasteiger charge is 2.14. The van der Waals surface area contributed by atoms with Crippen LogP contribution in [0.5, 0.6) is 0 Å². The van der Waals surface area contributed by atoms with Crippen LogP contribution in [0.4, 0.5) is 5.69 Å². The molecule has 0 aliphatic rings. The molecule has 0 spiro atoms. The van der Waals surface area contributed by atoms with Crippen molar-refractivity contribution in [3.05, 3.63) is 39.4 Å². The molecule has 0 atom stereocenters. The standard InChI is InChI=1S/C9H9NO4.2C2H6/c1-6-3-4-7(9(11)14-2)5-8(6)10(12)13;2*1-2/h3-5H,1-2H3;2*1-2H3. The van der Waals surface area contributed by atoms with Gasteiger partial charge in [-0.2, -0.15) is 0 Å². The minimum atomic E-state index is -0.576. The van der Waals surface area contributed by atoms with Crippen LogP contribution in [0.1, 0.15) is 43.6 Å². The zero-order valence-corrected chi connectivity index (χ0v) is 11.8. The monoisotopic (exact) mass is 255 g/mol. The molecule has 0 radical (unpaired) electrons. The molecule has 102 valence electrons. The van der Waals surface area contributed by atoms with E-state index in [-0.39, 0.29) is 11.3 Å². The molecular formula is C13H21NO4. The van der Waals surface area contributed by atoms with E-state index in [1.54, 1.807) is 6.92 Å². The first-order valence-corrected chi connectivity index (χ1v) is 5.89. The average Bonchev–Trinajstić information content (AvgIpc) is 2.42. The molecule has 5 nitrogen and oxygen atoms in total. The summed E-state index contributed by atoms with van der Waals surface area (Å²) in [6.45, 7) is 9.61. The molecule has 1 aromatic rings. The fraction of sp³-hybridized carbons (Fsp3) is 0.462. The average molecular weight is 255 g/mol. The number of esters is 1. The van der Waals surface area contributed by atoms with Crippen molar-refractivity contribution in [2.24, 2.45) is 0 Å². The number of hydrogen-bond acceptors (Lipinski definition) is 4. The quantitative estimate of drug-likeness (QED) is 0.458. The van der Waals surface area contributed by atoms with Gasteiger partial charge in [0.1, 0.15) is 0 Å². The fourth-order valence-corrected chi connectivity index (χ4v) is 1.05. The van der Waals surface area contributed by atoms with Gasteiger partial charge in [-0.3, -0.25) is 10.1 Å². The number of ether oxygens (including phenoxy) is 1. The normalized spacial score (nSPS) is 8.11. The van der Waals surface area contributed by atoms with Crippen molar-refractivity contribution in [3.63, 3.8) is 0 Å². The second-order valence-electron chi connectivity index (χ2n) is 2.75. The van der Waals surface area contributed by atoms with Gasteiger partial charge < -0.3 is 4.74 Å². The van der Waals surface area contributed by atoms with Crippen LogP contribution in [0.15, 0.2) is 18.2 Å². The van der Waals surface area contributed by atoms with E-state index in [2.05, 4.69) is 4.74 Å². The van der Waals surface area contributed by atoms with Crippen molar-refractivity contribution in [2.75, 3.05) is 7.11 Å². The zero-order valence-electron chi connectivity index (χ0n) is 11.8. The van der Waals surface area contributed by atoms with Crippen molar-refractivity contribution in [1.29, 1.82) is 0 Å². The van der Waals surface area contributed by atoms with Gasteiger partial charge in [0.2, 0.25) is 0 Å². The third-order valence-electron chi connectivity index (χ3n) is 1.83. The summed E-state index contributed by atoms with van der Waals surface area (Å²) in [6.07, 6.45) is 0. The summed E-state index contributed by atoms with van der Waals surface area (Å²) in [5.74, 6) is -0.576. The van der Waals surface area contributed by atoms with Gasteiger partial charge in [-0.25, -0.2) is 4.79 Å². The third-order valence-corrected chi connectivity index (χ3v) is 1.83. The number of hydrogen-bond donors (Lipinski definition) is 0. The van der Waals surface area contributed by atoms with Gasteiger partial charge in [-0.05, 0) is 13.0 Å². The molecule has 0 unspecified atom stereocenters. The number of benzene rings is 1. The number of rotatable bonds is 2. The van der Waals surface area contributed by atoms with Crippen LogP contribution < -0.4 is 0 Å². The summed E-state index contributed by atoms with van der Waals surface area (Å²) in [7, 11) is 1.23. The Bertz CT molecular complexity index is 389. The van der Waals surface area contributed by atoms with Gasteiger partial charge in [0.15, 0.2) is 0 Å². The molecule has 18 heavy (non-hydrogen) atoms. The van der Waals surface area contributed by atoms with Gasteiger partial charge in [0, 0.05) is 11.6 Å². The molecule has 0 fully saturated rings. The van der Waals surface area contributed by atoms with Gasteiger partial charge in [-0.1, -0.05) is 33.8 Å². The molecule has 1 aromatic carbocycles. The highest BCUT2D eigenvalue weighted by atomic mass is 16.6. The first-order chi connectivity index (χ1) is 8.56. The van der Waals surface area contributed by atoms with Gasteiger partial charge in [-0.15, -0.1) is 0 Å². The van der Waals surface area contributed by atoms with E-state index in [1.165, 1.54) is 25.3 Å². The number of nitro benzene ring substituents is 1. The predicted molar refractivity (Wildman–Crippen MR) is 71.9 cm³/mol. The van der Waals surface area contributed by atoms with E-state index < -0.39 is 10.9 Å². The van der Waals surface area contributed by atoms with Crippen LogP contribution >= 0.6 is 0 Å². The maximum Gasteiger partial charge on any atom is 0.338 e. The number of aryl methyl sites for hydroxylation is 1. The summed E-state index contributed by atoms with van der Waals surface area (Å²) in [5, 5.41) is 10.5. The van der Waals surface area contributed by atoms with Crippen LogP contribution in [0.3, 0.4) is 0 Å². The Morgan fingerprint density at radius 3 is 2.11 bits per heavy atom. The van der Waals surface area contributed by atoms with Crippen LogP contribution in [0.2, 0.25) is 0 Å². The lowest BCUT2D eigenvalue weighted by Gasteiger charge is -2.00. The van der Waals surface area contributed by atoms with Gasteiger partial charge in [0.05, 0.1) is 17.6 Å². The van der Waals surface area contributed by atoms with E-state index in [9.17, 15) is 14.9 Å². The van der Waals surface area contributed by atoms with Crippen LogP contribution in [0.25, 0.3) is 0 Å². The van der Waals surface area contributed by atoms with Crippen molar-refractivity contribution in [3.8, 4) is 0 Å². The molecule has 0 N–H and O–H groups in total. The molecule has 0 saturated carbocycles. The Morgan fingerprint density at radius 1 is 1.22 bits per heavy atom. The largest absolute Gasteiger partial charge is 0.465 e. The maximum absolute atomic E-state index is 11.1. The SMILES string of the molecule is CC.CC.COC(=O)c1ccc(C)c([N+](=O)[O-])c1.